The zero-order valence-electron chi connectivity index (χ0n) is 19.3. The van der Waals surface area contributed by atoms with E-state index in [2.05, 4.69) is 15.3 Å². The van der Waals surface area contributed by atoms with Crippen LogP contribution in [-0.2, 0) is 6.54 Å². The SMILES string of the molecule is Cc1ccc(C(=O)Nc2nccc3c2CN(C(C)c2cnc(OCC(F)(F)F)c(C)c2)C3=O)cc1. The van der Waals surface area contributed by atoms with Crippen molar-refractivity contribution in [3.05, 3.63) is 82.2 Å². The number of aromatic nitrogens is 2. The Morgan fingerprint density at radius 2 is 1.89 bits per heavy atom. The minimum absolute atomic E-state index is 0.111. The van der Waals surface area contributed by atoms with Crippen molar-refractivity contribution in [3.63, 3.8) is 0 Å². The third-order valence-corrected chi connectivity index (χ3v) is 5.80. The molecule has 7 nitrogen and oxygen atoms in total. The molecule has 0 spiro atoms. The summed E-state index contributed by atoms with van der Waals surface area (Å²) in [5.41, 5.74) is 3.59. The standard InChI is InChI=1S/C25H23F3N4O3/c1-14-4-6-17(7-5-14)22(33)31-21-20-12-32(24(34)19(20)8-9-29-21)16(3)18-10-15(2)23(30-11-18)35-13-25(26,27)28/h4-11,16H,12-13H2,1-3H3,(H,29,31,33). The number of benzene rings is 1. The monoisotopic (exact) mass is 484 g/mol. The van der Waals surface area contributed by atoms with E-state index in [1.807, 2.05) is 19.1 Å². The molecular weight excluding hydrogens is 461 g/mol. The summed E-state index contributed by atoms with van der Waals surface area (Å²) in [7, 11) is 0. The molecule has 182 valence electrons. The van der Waals surface area contributed by atoms with Crippen LogP contribution < -0.4 is 10.1 Å². The van der Waals surface area contributed by atoms with Gasteiger partial charge in [-0.25, -0.2) is 9.97 Å². The second kappa shape index (κ2) is 9.36. The highest BCUT2D eigenvalue weighted by molar-refractivity contribution is 6.06. The molecule has 3 aromatic rings. The van der Waals surface area contributed by atoms with Crippen LogP contribution in [0.25, 0.3) is 0 Å². The lowest BCUT2D eigenvalue weighted by molar-refractivity contribution is -0.154. The second-order valence-corrected chi connectivity index (χ2v) is 8.41. The summed E-state index contributed by atoms with van der Waals surface area (Å²) in [6, 6.07) is 9.91. The highest BCUT2D eigenvalue weighted by Gasteiger charge is 2.34. The molecule has 0 bridgehead atoms. The Bertz CT molecular complexity index is 1280. The quantitative estimate of drug-likeness (QED) is 0.532. The number of alkyl halides is 3. The molecular formula is C25H23F3N4O3. The Morgan fingerprint density at radius 3 is 2.54 bits per heavy atom. The van der Waals surface area contributed by atoms with E-state index in [-0.39, 0.29) is 24.2 Å². The van der Waals surface area contributed by atoms with Gasteiger partial charge >= 0.3 is 6.18 Å². The number of anilines is 1. The Balaban J connectivity index is 1.52. The van der Waals surface area contributed by atoms with Gasteiger partial charge in [-0.05, 0) is 50.6 Å². The number of aryl methyl sites for hydroxylation is 2. The van der Waals surface area contributed by atoms with Gasteiger partial charge in [-0.1, -0.05) is 17.7 Å². The van der Waals surface area contributed by atoms with Gasteiger partial charge in [0.1, 0.15) is 5.82 Å². The van der Waals surface area contributed by atoms with Gasteiger partial charge in [0.05, 0.1) is 12.6 Å². The number of carbonyl (C=O) groups excluding carboxylic acids is 2. The van der Waals surface area contributed by atoms with Crippen LogP contribution in [0.3, 0.4) is 0 Å². The molecule has 1 aliphatic rings. The highest BCUT2D eigenvalue weighted by Crippen LogP contribution is 2.35. The molecule has 1 aliphatic heterocycles. The molecule has 2 aromatic heterocycles. The minimum atomic E-state index is -4.46. The van der Waals surface area contributed by atoms with Gasteiger partial charge in [0, 0.05) is 34.6 Å². The van der Waals surface area contributed by atoms with Gasteiger partial charge < -0.3 is 15.0 Å². The summed E-state index contributed by atoms with van der Waals surface area (Å²) in [5.74, 6) is -0.379. The van der Waals surface area contributed by atoms with E-state index in [4.69, 9.17) is 4.74 Å². The molecule has 1 atom stereocenters. The maximum Gasteiger partial charge on any atom is 0.422 e. The molecule has 2 amide bonds. The van der Waals surface area contributed by atoms with Crippen LogP contribution in [0.1, 0.15) is 55.9 Å². The van der Waals surface area contributed by atoms with E-state index < -0.39 is 18.8 Å². The van der Waals surface area contributed by atoms with Gasteiger partial charge in [0.2, 0.25) is 5.88 Å². The number of halogens is 3. The highest BCUT2D eigenvalue weighted by atomic mass is 19.4. The number of ether oxygens (including phenoxy) is 1. The van der Waals surface area contributed by atoms with E-state index in [9.17, 15) is 22.8 Å². The van der Waals surface area contributed by atoms with Gasteiger partial charge in [0.15, 0.2) is 6.61 Å². The number of carbonyl (C=O) groups is 2. The molecule has 0 aliphatic carbocycles. The van der Waals surface area contributed by atoms with E-state index in [0.717, 1.165) is 5.56 Å². The smallest absolute Gasteiger partial charge is 0.422 e. The number of fused-ring (bicyclic) bond motifs is 1. The van der Waals surface area contributed by atoms with E-state index in [1.54, 1.807) is 43.0 Å². The molecule has 4 rings (SSSR count). The lowest BCUT2D eigenvalue weighted by Gasteiger charge is -2.25. The molecule has 0 radical (unpaired) electrons. The summed E-state index contributed by atoms with van der Waals surface area (Å²) in [6.45, 7) is 4.10. The first kappa shape index (κ1) is 24.2. The Morgan fingerprint density at radius 1 is 1.17 bits per heavy atom. The molecule has 0 saturated heterocycles. The molecule has 3 heterocycles. The Hall–Kier alpha value is -3.95. The van der Waals surface area contributed by atoms with Crippen molar-refractivity contribution in [2.75, 3.05) is 11.9 Å². The number of amides is 2. The summed E-state index contributed by atoms with van der Waals surface area (Å²) < 4.78 is 42.1. The van der Waals surface area contributed by atoms with Crippen LogP contribution in [0.15, 0.2) is 48.8 Å². The second-order valence-electron chi connectivity index (χ2n) is 8.41. The topological polar surface area (TPSA) is 84.4 Å². The lowest BCUT2D eigenvalue weighted by atomic mass is 10.1. The first-order chi connectivity index (χ1) is 16.5. The first-order valence-corrected chi connectivity index (χ1v) is 10.9. The van der Waals surface area contributed by atoms with Gasteiger partial charge in [-0.15, -0.1) is 0 Å². The number of hydrogen-bond donors (Lipinski definition) is 1. The maximum absolute atomic E-state index is 13.1. The third-order valence-electron chi connectivity index (χ3n) is 5.80. The van der Waals surface area contributed by atoms with E-state index in [1.165, 1.54) is 12.4 Å². The summed E-state index contributed by atoms with van der Waals surface area (Å²) in [6.07, 6.45) is -1.60. The fourth-order valence-corrected chi connectivity index (χ4v) is 3.85. The number of rotatable bonds is 6. The van der Waals surface area contributed by atoms with Crippen molar-refractivity contribution in [1.29, 1.82) is 0 Å². The van der Waals surface area contributed by atoms with Gasteiger partial charge in [-0.3, -0.25) is 9.59 Å². The van der Waals surface area contributed by atoms with E-state index >= 15 is 0 Å². The maximum atomic E-state index is 13.1. The normalized spacial score (nSPS) is 14.0. The largest absolute Gasteiger partial charge is 0.468 e. The molecule has 10 heteroatoms. The zero-order valence-corrected chi connectivity index (χ0v) is 19.3. The van der Waals surface area contributed by atoms with Crippen LogP contribution in [0, 0.1) is 13.8 Å². The van der Waals surface area contributed by atoms with E-state index in [0.29, 0.717) is 33.6 Å². The van der Waals surface area contributed by atoms with Gasteiger partial charge in [0.25, 0.3) is 11.8 Å². The molecule has 1 aromatic carbocycles. The lowest BCUT2D eigenvalue weighted by Crippen LogP contribution is -2.27. The van der Waals surface area contributed by atoms with Crippen LogP contribution in [-0.4, -0.2) is 39.5 Å². The number of pyridine rings is 2. The number of hydrogen-bond acceptors (Lipinski definition) is 5. The predicted octanol–water partition coefficient (Wildman–Crippen LogP) is 5.00. The van der Waals surface area contributed by atoms with Crippen molar-refractivity contribution < 1.29 is 27.5 Å². The van der Waals surface area contributed by atoms with Crippen molar-refractivity contribution in [2.45, 2.75) is 39.5 Å². The summed E-state index contributed by atoms with van der Waals surface area (Å²) in [4.78, 5) is 35.7. The number of nitrogens with zero attached hydrogens (tertiary/aromatic N) is 3. The summed E-state index contributed by atoms with van der Waals surface area (Å²) >= 11 is 0. The zero-order chi connectivity index (χ0) is 25.3. The van der Waals surface area contributed by atoms with Crippen LogP contribution in [0.2, 0.25) is 0 Å². The van der Waals surface area contributed by atoms with Crippen molar-refractivity contribution in [1.82, 2.24) is 14.9 Å². The fourth-order valence-electron chi connectivity index (χ4n) is 3.85. The van der Waals surface area contributed by atoms with Crippen LogP contribution in [0.5, 0.6) is 5.88 Å². The fraction of sp³-hybridized carbons (Fsp3) is 0.280. The Kier molecular flexibility index (Phi) is 6.47. The van der Waals surface area contributed by atoms with Crippen molar-refractivity contribution in [3.8, 4) is 5.88 Å². The summed E-state index contributed by atoms with van der Waals surface area (Å²) in [5, 5.41) is 2.79. The van der Waals surface area contributed by atoms with Crippen molar-refractivity contribution in [2.24, 2.45) is 0 Å². The van der Waals surface area contributed by atoms with Gasteiger partial charge in [-0.2, -0.15) is 13.2 Å². The number of nitrogens with one attached hydrogen (secondary N) is 1. The molecule has 0 saturated carbocycles. The Labute approximate surface area is 200 Å². The van der Waals surface area contributed by atoms with Crippen LogP contribution in [0.4, 0.5) is 19.0 Å². The van der Waals surface area contributed by atoms with Crippen LogP contribution >= 0.6 is 0 Å². The average molecular weight is 484 g/mol. The third kappa shape index (κ3) is 5.26. The minimum Gasteiger partial charge on any atom is -0.468 e. The molecule has 35 heavy (non-hydrogen) atoms. The van der Waals surface area contributed by atoms with Crippen molar-refractivity contribution >= 4 is 17.6 Å². The predicted molar refractivity (Wildman–Crippen MR) is 122 cm³/mol. The molecule has 1 unspecified atom stereocenters. The molecule has 0 fully saturated rings. The molecule has 1 N–H and O–H groups in total. The average Bonchev–Trinajstić information content (AvgIpc) is 3.15. The first-order valence-electron chi connectivity index (χ1n) is 10.9.